The average molecular weight is 273 g/mol. The van der Waals surface area contributed by atoms with Crippen molar-refractivity contribution >= 4 is 0 Å². The number of rotatable bonds is 2. The van der Waals surface area contributed by atoms with E-state index in [2.05, 4.69) is 31.2 Å². The first-order valence-electron chi connectivity index (χ1n) is 8.65. The Bertz CT molecular complexity index is 484. The molecule has 0 fully saturated rings. The van der Waals surface area contributed by atoms with Crippen molar-refractivity contribution in [3.05, 3.63) is 46.6 Å². The van der Waals surface area contributed by atoms with Crippen molar-refractivity contribution in [1.29, 1.82) is 0 Å². The van der Waals surface area contributed by atoms with E-state index in [1.807, 2.05) is 0 Å². The van der Waals surface area contributed by atoms with E-state index in [9.17, 15) is 0 Å². The van der Waals surface area contributed by atoms with Gasteiger partial charge in [0.15, 0.2) is 0 Å². The van der Waals surface area contributed by atoms with Crippen LogP contribution in [0.5, 0.6) is 0 Å². The minimum absolute atomic E-state index is 0. The molecule has 0 aromatic rings. The molecule has 0 aliphatic heterocycles. The van der Waals surface area contributed by atoms with Crippen LogP contribution in [0.15, 0.2) is 46.6 Å². The molecule has 0 nitrogen and oxygen atoms in total. The van der Waals surface area contributed by atoms with Crippen LogP contribution in [0.1, 0.15) is 58.3 Å². The maximum Gasteiger partial charge on any atom is 1.00 e. The molecule has 0 aromatic carbocycles. The summed E-state index contributed by atoms with van der Waals surface area (Å²) in [7, 11) is 0. The zero-order valence-electron chi connectivity index (χ0n) is 13.7. The molecule has 0 spiro atoms. The Labute approximate surface area is 141 Å². The monoisotopic (exact) mass is 273 g/mol. The molecule has 0 saturated heterocycles. The van der Waals surface area contributed by atoms with Crippen molar-refractivity contribution in [2.24, 2.45) is 17.8 Å². The van der Waals surface area contributed by atoms with Crippen LogP contribution in [0.2, 0.25) is 0 Å². The largest absolute Gasteiger partial charge is 1.00 e. The molecular weight excluding hydrogens is 247 g/mol. The molecule has 2 atom stereocenters. The van der Waals surface area contributed by atoms with Gasteiger partial charge < -0.3 is 0 Å². The van der Waals surface area contributed by atoms with E-state index in [-0.39, 0.29) is 18.9 Å². The standard InChI is InChI=1S/C20H26.Li/c1-14(17-12-10-15-6-2-4-8-19(15)17)18-13-11-16-7-3-5-9-20(16)18;/h10-14,17-18H,2-9H2,1H3;/q;+1. The van der Waals surface area contributed by atoms with Gasteiger partial charge in [0.05, 0.1) is 0 Å². The molecule has 0 radical (unpaired) electrons. The second-order valence-corrected chi connectivity index (χ2v) is 7.14. The SMILES string of the molecule is CC(C1C=CC2=C1CCCC2)C1C=CC2=C1CCCC2.[Li+]. The Hall–Kier alpha value is -0.443. The Morgan fingerprint density at radius 2 is 1.19 bits per heavy atom. The third-order valence-corrected chi connectivity index (χ3v) is 6.06. The zero-order valence-corrected chi connectivity index (χ0v) is 13.7. The molecule has 4 aliphatic carbocycles. The van der Waals surface area contributed by atoms with Gasteiger partial charge in [0.1, 0.15) is 0 Å². The molecule has 0 amide bonds. The van der Waals surface area contributed by atoms with Gasteiger partial charge >= 0.3 is 18.9 Å². The van der Waals surface area contributed by atoms with Crippen LogP contribution < -0.4 is 18.9 Å². The number of hydrogen-bond acceptors (Lipinski definition) is 0. The number of allylic oxidation sites excluding steroid dienone is 8. The number of hydrogen-bond donors (Lipinski definition) is 0. The molecule has 106 valence electrons. The third-order valence-electron chi connectivity index (χ3n) is 6.06. The van der Waals surface area contributed by atoms with E-state index in [1.54, 1.807) is 22.3 Å². The van der Waals surface area contributed by atoms with Crippen molar-refractivity contribution in [3.8, 4) is 0 Å². The maximum atomic E-state index is 2.52. The molecule has 0 aromatic heterocycles. The molecule has 0 N–H and O–H groups in total. The summed E-state index contributed by atoms with van der Waals surface area (Å²) < 4.78 is 0. The van der Waals surface area contributed by atoms with Gasteiger partial charge in [-0.1, -0.05) is 42.4 Å². The summed E-state index contributed by atoms with van der Waals surface area (Å²) >= 11 is 0. The molecule has 2 unspecified atom stereocenters. The Morgan fingerprint density at radius 1 is 0.762 bits per heavy atom. The average Bonchev–Trinajstić information content (AvgIpc) is 3.11. The molecule has 0 bridgehead atoms. The smallest absolute Gasteiger partial charge is 0.0768 e. The van der Waals surface area contributed by atoms with E-state index >= 15 is 0 Å². The van der Waals surface area contributed by atoms with E-state index in [0.29, 0.717) is 0 Å². The van der Waals surface area contributed by atoms with Crippen LogP contribution in [0, 0.1) is 17.8 Å². The van der Waals surface area contributed by atoms with Gasteiger partial charge in [-0.3, -0.25) is 0 Å². The van der Waals surface area contributed by atoms with Gasteiger partial charge in [0, 0.05) is 11.8 Å². The summed E-state index contributed by atoms with van der Waals surface area (Å²) in [6, 6.07) is 0. The van der Waals surface area contributed by atoms with E-state index in [1.165, 1.54) is 51.4 Å². The van der Waals surface area contributed by atoms with Crippen molar-refractivity contribution in [3.63, 3.8) is 0 Å². The van der Waals surface area contributed by atoms with Gasteiger partial charge in [0.25, 0.3) is 0 Å². The molecule has 0 heterocycles. The summed E-state index contributed by atoms with van der Waals surface area (Å²) in [6.45, 7) is 2.50. The van der Waals surface area contributed by atoms with Gasteiger partial charge in [-0.05, 0) is 68.4 Å². The Kier molecular flexibility index (Phi) is 4.68. The molecular formula is C20H26Li+. The third kappa shape index (κ3) is 2.67. The van der Waals surface area contributed by atoms with Gasteiger partial charge in [-0.2, -0.15) is 0 Å². The van der Waals surface area contributed by atoms with E-state index in [4.69, 9.17) is 0 Å². The maximum absolute atomic E-state index is 2.52. The second kappa shape index (κ2) is 6.35. The fourth-order valence-corrected chi connectivity index (χ4v) is 4.93. The fraction of sp³-hybridized carbons (Fsp3) is 0.600. The minimum Gasteiger partial charge on any atom is -0.0768 e. The van der Waals surface area contributed by atoms with Crippen LogP contribution in [-0.4, -0.2) is 0 Å². The van der Waals surface area contributed by atoms with Crippen LogP contribution in [0.25, 0.3) is 0 Å². The Balaban J connectivity index is 0.00000132. The molecule has 21 heavy (non-hydrogen) atoms. The first kappa shape index (κ1) is 15.5. The predicted molar refractivity (Wildman–Crippen MR) is 85.4 cm³/mol. The quantitative estimate of drug-likeness (QED) is 0.679. The van der Waals surface area contributed by atoms with Crippen LogP contribution in [0.4, 0.5) is 0 Å². The Morgan fingerprint density at radius 3 is 1.67 bits per heavy atom. The summed E-state index contributed by atoms with van der Waals surface area (Å²) in [5.41, 5.74) is 6.96. The first-order chi connectivity index (χ1) is 9.84. The van der Waals surface area contributed by atoms with Gasteiger partial charge in [-0.15, -0.1) is 0 Å². The van der Waals surface area contributed by atoms with Gasteiger partial charge in [-0.25, -0.2) is 0 Å². The van der Waals surface area contributed by atoms with Crippen molar-refractivity contribution in [2.75, 3.05) is 0 Å². The van der Waals surface area contributed by atoms with E-state index in [0.717, 1.165) is 17.8 Å². The van der Waals surface area contributed by atoms with Crippen molar-refractivity contribution < 1.29 is 18.9 Å². The van der Waals surface area contributed by atoms with Crippen molar-refractivity contribution in [1.82, 2.24) is 0 Å². The second-order valence-electron chi connectivity index (χ2n) is 7.14. The van der Waals surface area contributed by atoms with Crippen LogP contribution in [-0.2, 0) is 0 Å². The molecule has 4 rings (SSSR count). The molecule has 4 aliphatic rings. The van der Waals surface area contributed by atoms with Gasteiger partial charge in [0.2, 0.25) is 0 Å². The minimum atomic E-state index is 0. The molecule has 0 saturated carbocycles. The predicted octanol–water partition coefficient (Wildman–Crippen LogP) is 2.74. The van der Waals surface area contributed by atoms with Crippen LogP contribution in [0.3, 0.4) is 0 Å². The molecule has 1 heteroatoms. The summed E-state index contributed by atoms with van der Waals surface area (Å²) in [6.07, 6.45) is 21.0. The summed E-state index contributed by atoms with van der Waals surface area (Å²) in [5.74, 6) is 2.22. The van der Waals surface area contributed by atoms with Crippen molar-refractivity contribution in [2.45, 2.75) is 58.3 Å². The zero-order chi connectivity index (χ0) is 13.5. The first-order valence-corrected chi connectivity index (χ1v) is 8.65. The normalized spacial score (nSPS) is 32.0. The fourth-order valence-electron chi connectivity index (χ4n) is 4.93. The van der Waals surface area contributed by atoms with E-state index < -0.39 is 0 Å². The van der Waals surface area contributed by atoms with Crippen LogP contribution >= 0.6 is 0 Å². The summed E-state index contributed by atoms with van der Waals surface area (Å²) in [5, 5.41) is 0. The topological polar surface area (TPSA) is 0 Å². The summed E-state index contributed by atoms with van der Waals surface area (Å²) in [4.78, 5) is 0.